The lowest BCUT2D eigenvalue weighted by molar-refractivity contribution is 0.632. The van der Waals surface area contributed by atoms with Gasteiger partial charge in [0.1, 0.15) is 0 Å². The lowest BCUT2D eigenvalue weighted by atomic mass is 9.96. The first kappa shape index (κ1) is 23.6. The molecule has 0 heteroatoms. The highest BCUT2D eigenvalue weighted by Gasteiger charge is 2.04. The summed E-state index contributed by atoms with van der Waals surface area (Å²) in [6.45, 7) is 4.55. The van der Waals surface area contributed by atoms with E-state index in [0.29, 0.717) is 0 Å². The van der Waals surface area contributed by atoms with Gasteiger partial charge in [0.2, 0.25) is 0 Å². The molecular weight excluding hydrogens is 396 g/mol. The molecule has 0 radical (unpaired) electrons. The van der Waals surface area contributed by atoms with Gasteiger partial charge >= 0.3 is 0 Å². The molecule has 0 fully saturated rings. The van der Waals surface area contributed by atoms with E-state index < -0.39 is 0 Å². The molecule has 0 N–H and O–H groups in total. The van der Waals surface area contributed by atoms with Crippen LogP contribution in [-0.4, -0.2) is 0 Å². The van der Waals surface area contributed by atoms with Gasteiger partial charge in [0.05, 0.1) is 0 Å². The van der Waals surface area contributed by atoms with E-state index >= 15 is 0 Å². The summed E-state index contributed by atoms with van der Waals surface area (Å²) in [4.78, 5) is 0. The van der Waals surface area contributed by atoms with Crippen LogP contribution in [-0.2, 0) is 12.8 Å². The van der Waals surface area contributed by atoms with Crippen molar-refractivity contribution in [1.29, 1.82) is 0 Å². The van der Waals surface area contributed by atoms with Gasteiger partial charge in [0.15, 0.2) is 0 Å². The van der Waals surface area contributed by atoms with Gasteiger partial charge in [-0.3, -0.25) is 0 Å². The maximum absolute atomic E-state index is 2.40. The fraction of sp³-hybridized carbons (Fsp3) is 0.394. The van der Waals surface area contributed by atoms with Crippen molar-refractivity contribution in [2.45, 2.75) is 84.5 Å². The van der Waals surface area contributed by atoms with Gasteiger partial charge in [-0.15, -0.1) is 0 Å². The third-order valence-corrected chi connectivity index (χ3v) is 7.04. The molecule has 0 saturated heterocycles. The highest BCUT2D eigenvalue weighted by molar-refractivity contribution is 5.99. The van der Waals surface area contributed by atoms with Crippen molar-refractivity contribution in [3.63, 3.8) is 0 Å². The summed E-state index contributed by atoms with van der Waals surface area (Å²) in [5, 5.41) is 5.38. The zero-order valence-corrected chi connectivity index (χ0v) is 20.7. The van der Waals surface area contributed by atoms with Gasteiger partial charge in [-0.05, 0) is 87.7 Å². The predicted octanol–water partition coefficient (Wildman–Crippen LogP) is 10.3. The van der Waals surface area contributed by atoms with Gasteiger partial charge < -0.3 is 0 Å². The van der Waals surface area contributed by atoms with Crippen molar-refractivity contribution >= 4 is 21.5 Å². The van der Waals surface area contributed by atoms with E-state index in [2.05, 4.69) is 86.6 Å². The van der Waals surface area contributed by atoms with Crippen LogP contribution >= 0.6 is 0 Å². The fourth-order valence-corrected chi connectivity index (χ4v) is 4.93. The van der Waals surface area contributed by atoms with Crippen LogP contribution in [0.15, 0.2) is 72.8 Å². The summed E-state index contributed by atoms with van der Waals surface area (Å²) in [6.07, 6.45) is 14.4. The van der Waals surface area contributed by atoms with Crippen molar-refractivity contribution < 1.29 is 0 Å². The second-order valence-electron chi connectivity index (χ2n) is 9.77. The molecule has 4 aromatic rings. The summed E-state index contributed by atoms with van der Waals surface area (Å²) in [5.41, 5.74) is 5.56. The van der Waals surface area contributed by atoms with Gasteiger partial charge in [-0.2, -0.15) is 0 Å². The van der Waals surface area contributed by atoms with Crippen molar-refractivity contribution in [2.75, 3.05) is 0 Å². The summed E-state index contributed by atoms with van der Waals surface area (Å²) >= 11 is 0. The minimum atomic E-state index is 1.20. The molecule has 0 nitrogen and oxygen atoms in total. The smallest absolute Gasteiger partial charge is 0.0171 e. The monoisotopic (exact) mass is 436 g/mol. The van der Waals surface area contributed by atoms with E-state index in [1.807, 2.05) is 0 Å². The Balaban J connectivity index is 1.47. The summed E-state index contributed by atoms with van der Waals surface area (Å²) in [6, 6.07) is 27.9. The van der Waals surface area contributed by atoms with Crippen LogP contribution in [0.4, 0.5) is 0 Å². The van der Waals surface area contributed by atoms with E-state index in [4.69, 9.17) is 0 Å². The molecule has 4 aromatic carbocycles. The SMILES string of the molecule is CCCCCCCc1ccc2cc3cc(-c4ccc(CCCCCC)cc4)ccc3cc2c1. The van der Waals surface area contributed by atoms with Crippen LogP contribution in [0.2, 0.25) is 0 Å². The Labute approximate surface area is 201 Å². The lowest BCUT2D eigenvalue weighted by Crippen LogP contribution is -1.88. The highest BCUT2D eigenvalue weighted by Crippen LogP contribution is 2.29. The van der Waals surface area contributed by atoms with Gasteiger partial charge in [0, 0.05) is 0 Å². The minimum Gasteiger partial charge on any atom is -0.0654 e. The average Bonchev–Trinajstić information content (AvgIpc) is 2.85. The molecule has 0 bridgehead atoms. The molecule has 0 amide bonds. The van der Waals surface area contributed by atoms with Crippen molar-refractivity contribution in [2.24, 2.45) is 0 Å². The maximum Gasteiger partial charge on any atom is -0.0171 e. The van der Waals surface area contributed by atoms with Gasteiger partial charge in [0.25, 0.3) is 0 Å². The molecule has 0 aliphatic heterocycles. The van der Waals surface area contributed by atoms with Crippen LogP contribution in [0.5, 0.6) is 0 Å². The van der Waals surface area contributed by atoms with Crippen molar-refractivity contribution in [3.05, 3.63) is 83.9 Å². The van der Waals surface area contributed by atoms with E-state index in [1.54, 1.807) is 0 Å². The summed E-state index contributed by atoms with van der Waals surface area (Å²) in [5.74, 6) is 0. The van der Waals surface area contributed by atoms with Gasteiger partial charge in [-0.1, -0.05) is 113 Å². The molecule has 0 aromatic heterocycles. The lowest BCUT2D eigenvalue weighted by Gasteiger charge is -2.09. The number of hydrogen-bond acceptors (Lipinski definition) is 0. The topological polar surface area (TPSA) is 0 Å². The Morgan fingerprint density at radius 1 is 0.394 bits per heavy atom. The third-order valence-electron chi connectivity index (χ3n) is 7.04. The summed E-state index contributed by atoms with van der Waals surface area (Å²) < 4.78 is 0. The standard InChI is InChI=1S/C33H40/c1-3-5-7-9-11-13-27-16-19-30-25-33-23-29(20-21-31(33)24-32(30)22-27)28-17-14-26(15-18-28)12-10-8-6-4-2/h14-25H,3-13H2,1-2H3. The zero-order chi connectivity index (χ0) is 22.9. The number of benzene rings is 4. The molecular formula is C33H40. The number of fused-ring (bicyclic) bond motifs is 2. The predicted molar refractivity (Wildman–Crippen MR) is 147 cm³/mol. The minimum absolute atomic E-state index is 1.20. The molecule has 0 heterocycles. The highest BCUT2D eigenvalue weighted by atomic mass is 14.1. The normalized spacial score (nSPS) is 11.5. The Morgan fingerprint density at radius 2 is 0.909 bits per heavy atom. The second kappa shape index (κ2) is 12.0. The van der Waals surface area contributed by atoms with Crippen LogP contribution in [0.1, 0.15) is 82.8 Å². The van der Waals surface area contributed by atoms with Crippen molar-refractivity contribution in [1.82, 2.24) is 0 Å². The van der Waals surface area contributed by atoms with Gasteiger partial charge in [-0.25, -0.2) is 0 Å². The summed E-state index contributed by atoms with van der Waals surface area (Å²) in [7, 11) is 0. The van der Waals surface area contributed by atoms with Crippen LogP contribution in [0.25, 0.3) is 32.7 Å². The molecule has 0 spiro atoms. The molecule has 0 aliphatic rings. The molecule has 172 valence electrons. The number of unbranched alkanes of at least 4 members (excludes halogenated alkanes) is 7. The fourth-order valence-electron chi connectivity index (χ4n) is 4.93. The Bertz CT molecular complexity index is 1150. The van der Waals surface area contributed by atoms with E-state index in [-0.39, 0.29) is 0 Å². The van der Waals surface area contributed by atoms with E-state index in [1.165, 1.54) is 114 Å². The van der Waals surface area contributed by atoms with Crippen LogP contribution in [0, 0.1) is 0 Å². The molecule has 0 unspecified atom stereocenters. The molecule has 0 atom stereocenters. The Kier molecular flexibility index (Phi) is 8.59. The molecule has 33 heavy (non-hydrogen) atoms. The first-order valence-electron chi connectivity index (χ1n) is 13.3. The third kappa shape index (κ3) is 6.47. The van der Waals surface area contributed by atoms with E-state index in [0.717, 1.165) is 0 Å². The second-order valence-corrected chi connectivity index (χ2v) is 9.77. The first-order chi connectivity index (χ1) is 16.3. The molecule has 0 aliphatic carbocycles. The Hall–Kier alpha value is -2.60. The first-order valence-corrected chi connectivity index (χ1v) is 13.3. The van der Waals surface area contributed by atoms with Crippen LogP contribution in [0.3, 0.4) is 0 Å². The van der Waals surface area contributed by atoms with E-state index in [9.17, 15) is 0 Å². The number of rotatable bonds is 12. The van der Waals surface area contributed by atoms with Crippen molar-refractivity contribution in [3.8, 4) is 11.1 Å². The maximum atomic E-state index is 2.40. The number of aryl methyl sites for hydroxylation is 2. The van der Waals surface area contributed by atoms with Crippen LogP contribution < -0.4 is 0 Å². The molecule has 0 saturated carbocycles. The number of hydrogen-bond donors (Lipinski definition) is 0. The zero-order valence-electron chi connectivity index (χ0n) is 20.7. The average molecular weight is 437 g/mol. The largest absolute Gasteiger partial charge is 0.0654 e. The quantitative estimate of drug-likeness (QED) is 0.153. The molecule has 4 rings (SSSR count). The Morgan fingerprint density at radius 3 is 1.61 bits per heavy atom.